The zero-order valence-corrected chi connectivity index (χ0v) is 15.7. The molecular weight excluding hydrogens is 368 g/mol. The van der Waals surface area contributed by atoms with Crippen LogP contribution in [-0.4, -0.2) is 36.6 Å². The second kappa shape index (κ2) is 8.14. The van der Waals surface area contributed by atoms with Crippen LogP contribution in [0.15, 0.2) is 52.2 Å². The van der Waals surface area contributed by atoms with Crippen LogP contribution >= 0.6 is 0 Å². The van der Waals surface area contributed by atoms with Gasteiger partial charge in [0.25, 0.3) is 0 Å². The maximum Gasteiger partial charge on any atom is 0.245 e. The predicted molar refractivity (Wildman–Crippen MR) is 101 cm³/mol. The topological polar surface area (TPSA) is 122 Å². The molecule has 27 heavy (non-hydrogen) atoms. The lowest BCUT2D eigenvalue weighted by Crippen LogP contribution is -2.29. The summed E-state index contributed by atoms with van der Waals surface area (Å²) < 4.78 is 30.9. The summed E-state index contributed by atoms with van der Waals surface area (Å²) in [6.07, 6.45) is 2.21. The molecule has 0 spiro atoms. The van der Waals surface area contributed by atoms with Crippen LogP contribution < -0.4 is 15.4 Å². The lowest BCUT2D eigenvalue weighted by Gasteiger charge is -2.10. The quantitative estimate of drug-likeness (QED) is 0.502. The number of aromatic nitrogens is 3. The Kier molecular flexibility index (Phi) is 5.67. The molecule has 0 aliphatic carbocycles. The third-order valence-corrected chi connectivity index (χ3v) is 5.00. The summed E-state index contributed by atoms with van der Waals surface area (Å²) in [6, 6.07) is 9.80. The molecule has 0 unspecified atom stereocenters. The van der Waals surface area contributed by atoms with Gasteiger partial charge in [0.05, 0.1) is 6.20 Å². The summed E-state index contributed by atoms with van der Waals surface area (Å²) >= 11 is 0. The van der Waals surface area contributed by atoms with E-state index in [1.807, 2.05) is 44.2 Å². The number of rotatable bonds is 8. The molecule has 1 aromatic carbocycles. The Balaban J connectivity index is 1.57. The first-order valence-electron chi connectivity index (χ1n) is 8.25. The number of aryl methyl sites for hydroxylation is 2. The fourth-order valence-corrected chi connectivity index (χ4v) is 3.16. The Bertz CT molecular complexity index is 988. The molecule has 9 nitrogen and oxygen atoms in total. The third kappa shape index (κ3) is 5.25. The normalized spacial score (nSPS) is 11.3. The molecule has 142 valence electrons. The predicted octanol–water partition coefficient (Wildman–Crippen LogP) is 2.22. The van der Waals surface area contributed by atoms with E-state index in [0.29, 0.717) is 18.3 Å². The van der Waals surface area contributed by atoms with Crippen molar-refractivity contribution >= 4 is 27.5 Å². The van der Waals surface area contributed by atoms with Gasteiger partial charge in [-0.1, -0.05) is 22.9 Å². The van der Waals surface area contributed by atoms with Gasteiger partial charge in [0.15, 0.2) is 0 Å². The largest absolute Gasteiger partial charge is 0.363 e. The average molecular weight is 388 g/mol. The summed E-state index contributed by atoms with van der Waals surface area (Å²) in [5.74, 6) is 1.06. The molecule has 0 fully saturated rings. The van der Waals surface area contributed by atoms with E-state index in [9.17, 15) is 8.42 Å². The van der Waals surface area contributed by atoms with Crippen molar-refractivity contribution in [3.63, 3.8) is 0 Å². The first-order chi connectivity index (χ1) is 12.9. The van der Waals surface area contributed by atoms with Gasteiger partial charge in [-0.15, -0.1) is 0 Å². The number of anilines is 3. The van der Waals surface area contributed by atoms with Crippen molar-refractivity contribution in [2.45, 2.75) is 18.7 Å². The standard InChI is InChI=1S/C17H20N6O3S/c1-12-3-5-14(6-4-12)22-16-9-13(2)21-17(23-16)18-7-8-20-27(24,25)15-10-19-26-11-15/h3-6,9-11,20H,7-8H2,1-2H3,(H2,18,21,22,23). The smallest absolute Gasteiger partial charge is 0.245 e. The molecule has 0 aliphatic rings. The van der Waals surface area contributed by atoms with Crippen LogP contribution in [-0.2, 0) is 10.0 Å². The van der Waals surface area contributed by atoms with Crippen LogP contribution in [0.5, 0.6) is 0 Å². The van der Waals surface area contributed by atoms with Crippen molar-refractivity contribution in [2.75, 3.05) is 23.7 Å². The number of benzene rings is 1. The van der Waals surface area contributed by atoms with E-state index in [0.717, 1.165) is 23.8 Å². The van der Waals surface area contributed by atoms with Gasteiger partial charge in [-0.25, -0.2) is 18.1 Å². The van der Waals surface area contributed by atoms with E-state index in [2.05, 4.69) is 35.0 Å². The number of hydrogen-bond acceptors (Lipinski definition) is 8. The van der Waals surface area contributed by atoms with Gasteiger partial charge in [-0.3, -0.25) is 0 Å². The Morgan fingerprint density at radius 3 is 2.56 bits per heavy atom. The lowest BCUT2D eigenvalue weighted by molar-refractivity contribution is 0.417. The molecule has 3 N–H and O–H groups in total. The molecule has 0 atom stereocenters. The first-order valence-corrected chi connectivity index (χ1v) is 9.73. The van der Waals surface area contributed by atoms with Crippen LogP contribution in [0.2, 0.25) is 0 Å². The van der Waals surface area contributed by atoms with E-state index in [-0.39, 0.29) is 11.4 Å². The summed E-state index contributed by atoms with van der Waals surface area (Å²) in [5, 5.41) is 9.62. The van der Waals surface area contributed by atoms with Gasteiger partial charge < -0.3 is 15.2 Å². The van der Waals surface area contributed by atoms with Gasteiger partial charge >= 0.3 is 0 Å². The molecule has 0 radical (unpaired) electrons. The second-order valence-electron chi connectivity index (χ2n) is 5.89. The van der Waals surface area contributed by atoms with Crippen LogP contribution in [0, 0.1) is 13.8 Å². The molecule has 2 heterocycles. The van der Waals surface area contributed by atoms with Crippen molar-refractivity contribution in [3.05, 3.63) is 54.0 Å². The highest BCUT2D eigenvalue weighted by atomic mass is 32.2. The van der Waals surface area contributed by atoms with Crippen molar-refractivity contribution in [1.29, 1.82) is 0 Å². The molecular formula is C17H20N6O3S. The molecule has 0 saturated heterocycles. The van der Waals surface area contributed by atoms with Gasteiger partial charge in [-0.05, 0) is 26.0 Å². The minimum absolute atomic E-state index is 0.0149. The van der Waals surface area contributed by atoms with E-state index >= 15 is 0 Å². The Morgan fingerprint density at radius 2 is 1.85 bits per heavy atom. The highest BCUT2D eigenvalue weighted by Gasteiger charge is 2.15. The van der Waals surface area contributed by atoms with Gasteiger partial charge in [0.2, 0.25) is 16.0 Å². The number of sulfonamides is 1. The van der Waals surface area contributed by atoms with Gasteiger partial charge in [0.1, 0.15) is 17.0 Å². The van der Waals surface area contributed by atoms with E-state index in [4.69, 9.17) is 0 Å². The number of nitrogens with zero attached hydrogens (tertiary/aromatic N) is 3. The lowest BCUT2D eigenvalue weighted by atomic mass is 10.2. The molecule has 3 rings (SSSR count). The molecule has 0 aliphatic heterocycles. The molecule has 0 bridgehead atoms. The maximum atomic E-state index is 12.0. The Hall–Kier alpha value is -2.98. The molecule has 0 amide bonds. The van der Waals surface area contributed by atoms with Crippen LogP contribution in [0.4, 0.5) is 17.5 Å². The van der Waals surface area contributed by atoms with Gasteiger partial charge in [0, 0.05) is 30.5 Å². The monoisotopic (exact) mass is 388 g/mol. The van der Waals surface area contributed by atoms with Crippen LogP contribution in [0.25, 0.3) is 0 Å². The number of hydrogen-bond donors (Lipinski definition) is 3. The average Bonchev–Trinajstić information content (AvgIpc) is 3.16. The van der Waals surface area contributed by atoms with Crippen molar-refractivity contribution in [3.8, 4) is 0 Å². The second-order valence-corrected chi connectivity index (χ2v) is 7.66. The van der Waals surface area contributed by atoms with Crippen molar-refractivity contribution in [1.82, 2.24) is 19.8 Å². The SMILES string of the molecule is Cc1ccc(Nc2cc(C)nc(NCCNS(=O)(=O)c3cnoc3)n2)cc1. The zero-order chi connectivity index (χ0) is 19.3. The van der Waals surface area contributed by atoms with Crippen LogP contribution in [0.1, 0.15) is 11.3 Å². The zero-order valence-electron chi connectivity index (χ0n) is 14.9. The molecule has 3 aromatic rings. The first kappa shape index (κ1) is 18.8. The van der Waals surface area contributed by atoms with Gasteiger partial charge in [-0.2, -0.15) is 4.98 Å². The molecule has 0 saturated carbocycles. The maximum absolute atomic E-state index is 12.0. The fraction of sp³-hybridized carbons (Fsp3) is 0.235. The molecule has 10 heteroatoms. The highest BCUT2D eigenvalue weighted by molar-refractivity contribution is 7.89. The third-order valence-electron chi connectivity index (χ3n) is 3.60. The summed E-state index contributed by atoms with van der Waals surface area (Å²) in [7, 11) is -3.63. The highest BCUT2D eigenvalue weighted by Crippen LogP contribution is 2.17. The molecule has 2 aromatic heterocycles. The van der Waals surface area contributed by atoms with Crippen molar-refractivity contribution in [2.24, 2.45) is 0 Å². The minimum atomic E-state index is -3.63. The van der Waals surface area contributed by atoms with E-state index in [1.54, 1.807) is 0 Å². The Morgan fingerprint density at radius 1 is 1.07 bits per heavy atom. The fourth-order valence-electron chi connectivity index (χ4n) is 2.27. The number of nitrogens with one attached hydrogen (secondary N) is 3. The van der Waals surface area contributed by atoms with Crippen molar-refractivity contribution < 1.29 is 12.9 Å². The van der Waals surface area contributed by atoms with E-state index < -0.39 is 10.0 Å². The summed E-state index contributed by atoms with van der Waals surface area (Å²) in [4.78, 5) is 8.69. The summed E-state index contributed by atoms with van der Waals surface area (Å²) in [5.41, 5.74) is 2.88. The van der Waals surface area contributed by atoms with Crippen LogP contribution in [0.3, 0.4) is 0 Å². The summed E-state index contributed by atoms with van der Waals surface area (Å²) in [6.45, 7) is 4.36. The van der Waals surface area contributed by atoms with E-state index in [1.165, 1.54) is 5.56 Å². The Labute approximate surface area is 157 Å². The minimum Gasteiger partial charge on any atom is -0.363 e.